The van der Waals surface area contributed by atoms with Gasteiger partial charge in [-0.05, 0) is 69.1 Å². The Kier molecular flexibility index (Phi) is 3.29. The van der Waals surface area contributed by atoms with Crippen molar-refractivity contribution in [2.24, 2.45) is 29.1 Å². The van der Waals surface area contributed by atoms with Gasteiger partial charge in [0, 0.05) is 17.8 Å². The SMILES string of the molecule is CC[C@]12CC(=O)C3C4CCCC=C4CCC3C1CCC2O. The van der Waals surface area contributed by atoms with E-state index in [1.807, 2.05) is 0 Å². The summed E-state index contributed by atoms with van der Waals surface area (Å²) in [4.78, 5) is 13.0. The molecule has 5 unspecified atom stereocenters. The van der Waals surface area contributed by atoms with Gasteiger partial charge in [0.05, 0.1) is 6.10 Å². The number of hydrogen-bond donors (Lipinski definition) is 1. The van der Waals surface area contributed by atoms with Gasteiger partial charge in [0.25, 0.3) is 0 Å². The van der Waals surface area contributed by atoms with Crippen molar-refractivity contribution in [2.45, 2.75) is 70.8 Å². The van der Waals surface area contributed by atoms with Crippen LogP contribution < -0.4 is 0 Å². The summed E-state index contributed by atoms with van der Waals surface area (Å²) in [6.45, 7) is 2.18. The summed E-state index contributed by atoms with van der Waals surface area (Å²) in [5.41, 5.74) is 1.52. The van der Waals surface area contributed by atoms with Crippen LogP contribution in [0, 0.1) is 29.1 Å². The average molecular weight is 288 g/mol. The third-order valence-corrected chi connectivity index (χ3v) is 7.47. The molecule has 116 valence electrons. The molecule has 2 nitrogen and oxygen atoms in total. The van der Waals surface area contributed by atoms with Gasteiger partial charge in [-0.3, -0.25) is 4.79 Å². The van der Waals surface area contributed by atoms with Crippen molar-refractivity contribution in [2.75, 3.05) is 0 Å². The van der Waals surface area contributed by atoms with Gasteiger partial charge >= 0.3 is 0 Å². The van der Waals surface area contributed by atoms with E-state index in [1.54, 1.807) is 5.57 Å². The topological polar surface area (TPSA) is 37.3 Å². The Balaban J connectivity index is 1.71. The van der Waals surface area contributed by atoms with Gasteiger partial charge in [-0.25, -0.2) is 0 Å². The zero-order valence-electron chi connectivity index (χ0n) is 13.2. The second-order valence-electron chi connectivity index (χ2n) is 7.97. The second kappa shape index (κ2) is 4.94. The van der Waals surface area contributed by atoms with Gasteiger partial charge in [0.2, 0.25) is 0 Å². The maximum Gasteiger partial charge on any atom is 0.137 e. The van der Waals surface area contributed by atoms with Crippen LogP contribution in [0.25, 0.3) is 0 Å². The first-order valence-corrected chi connectivity index (χ1v) is 9.07. The van der Waals surface area contributed by atoms with Gasteiger partial charge in [-0.2, -0.15) is 0 Å². The van der Waals surface area contributed by atoms with Crippen LogP contribution in [0.5, 0.6) is 0 Å². The molecule has 0 saturated heterocycles. The maximum atomic E-state index is 13.0. The van der Waals surface area contributed by atoms with Crippen LogP contribution in [-0.2, 0) is 4.79 Å². The van der Waals surface area contributed by atoms with Gasteiger partial charge in [-0.15, -0.1) is 0 Å². The number of rotatable bonds is 1. The molecular weight excluding hydrogens is 260 g/mol. The smallest absolute Gasteiger partial charge is 0.137 e. The lowest BCUT2D eigenvalue weighted by Gasteiger charge is -2.53. The number of ketones is 1. The lowest BCUT2D eigenvalue weighted by molar-refractivity contribution is -0.145. The third-order valence-electron chi connectivity index (χ3n) is 7.47. The molecular formula is C19H28O2. The third kappa shape index (κ3) is 1.84. The molecule has 0 amide bonds. The highest BCUT2D eigenvalue weighted by atomic mass is 16.3. The molecule has 0 radical (unpaired) electrons. The minimum Gasteiger partial charge on any atom is -0.393 e. The van der Waals surface area contributed by atoms with Crippen molar-refractivity contribution in [1.82, 2.24) is 0 Å². The normalized spacial score (nSPS) is 49.1. The van der Waals surface area contributed by atoms with Crippen LogP contribution in [0.15, 0.2) is 11.6 Å². The monoisotopic (exact) mass is 288 g/mol. The predicted octanol–water partition coefficient (Wildman–Crippen LogP) is 3.88. The molecule has 0 aromatic carbocycles. The molecule has 0 aliphatic heterocycles. The quantitative estimate of drug-likeness (QED) is 0.743. The van der Waals surface area contributed by atoms with Gasteiger partial charge in [-0.1, -0.05) is 18.6 Å². The Morgan fingerprint density at radius 2 is 2.14 bits per heavy atom. The second-order valence-corrected chi connectivity index (χ2v) is 7.97. The fourth-order valence-electron chi connectivity index (χ4n) is 6.50. The molecule has 0 spiro atoms. The molecule has 4 aliphatic rings. The number of aliphatic hydroxyl groups is 1. The zero-order chi connectivity index (χ0) is 14.6. The van der Waals surface area contributed by atoms with Crippen LogP contribution >= 0.6 is 0 Å². The lowest BCUT2D eigenvalue weighted by atomic mass is 9.50. The van der Waals surface area contributed by atoms with E-state index in [0.717, 1.165) is 19.3 Å². The highest BCUT2D eigenvalue weighted by Crippen LogP contribution is 2.61. The van der Waals surface area contributed by atoms with Crippen molar-refractivity contribution in [3.05, 3.63) is 11.6 Å². The number of fused-ring (bicyclic) bond motifs is 5. The number of carbonyl (C=O) groups excluding carboxylic acids is 1. The van der Waals surface area contributed by atoms with E-state index in [-0.39, 0.29) is 11.5 Å². The van der Waals surface area contributed by atoms with E-state index >= 15 is 0 Å². The minimum absolute atomic E-state index is 0.0753. The summed E-state index contributed by atoms with van der Waals surface area (Å²) in [6, 6.07) is 0. The Morgan fingerprint density at radius 1 is 1.29 bits per heavy atom. The predicted molar refractivity (Wildman–Crippen MR) is 82.7 cm³/mol. The molecule has 0 bridgehead atoms. The first-order chi connectivity index (χ1) is 10.2. The Morgan fingerprint density at radius 3 is 2.95 bits per heavy atom. The molecule has 0 heterocycles. The van der Waals surface area contributed by atoms with E-state index < -0.39 is 0 Å². The van der Waals surface area contributed by atoms with E-state index in [9.17, 15) is 9.90 Å². The van der Waals surface area contributed by atoms with Gasteiger partial charge in [0.1, 0.15) is 5.78 Å². The summed E-state index contributed by atoms with van der Waals surface area (Å²) >= 11 is 0. The van der Waals surface area contributed by atoms with Crippen LogP contribution in [0.1, 0.15) is 64.7 Å². The molecule has 6 atom stereocenters. The number of hydrogen-bond acceptors (Lipinski definition) is 2. The van der Waals surface area contributed by atoms with E-state index in [1.165, 1.54) is 32.1 Å². The van der Waals surface area contributed by atoms with Crippen LogP contribution in [-0.4, -0.2) is 17.0 Å². The molecule has 3 fully saturated rings. The number of aliphatic hydroxyl groups excluding tert-OH is 1. The summed E-state index contributed by atoms with van der Waals surface area (Å²) < 4.78 is 0. The van der Waals surface area contributed by atoms with Crippen LogP contribution in [0.3, 0.4) is 0 Å². The Labute approximate surface area is 128 Å². The van der Waals surface area contributed by atoms with Crippen molar-refractivity contribution in [3.63, 3.8) is 0 Å². The molecule has 1 N–H and O–H groups in total. The van der Waals surface area contributed by atoms with Gasteiger partial charge in [0.15, 0.2) is 0 Å². The van der Waals surface area contributed by atoms with Crippen molar-refractivity contribution in [3.8, 4) is 0 Å². The van der Waals surface area contributed by atoms with Crippen molar-refractivity contribution < 1.29 is 9.90 Å². The minimum atomic E-state index is -0.235. The zero-order valence-corrected chi connectivity index (χ0v) is 13.2. The lowest BCUT2D eigenvalue weighted by Crippen LogP contribution is -2.52. The number of allylic oxidation sites excluding steroid dienone is 2. The Hall–Kier alpha value is -0.630. The Bertz CT molecular complexity index is 480. The molecule has 4 aliphatic carbocycles. The summed E-state index contributed by atoms with van der Waals surface area (Å²) in [6.07, 6.45) is 12.0. The summed E-state index contributed by atoms with van der Waals surface area (Å²) in [5.74, 6) is 2.49. The molecule has 2 heteroatoms. The molecule has 0 aromatic heterocycles. The highest BCUT2D eigenvalue weighted by molar-refractivity contribution is 5.84. The fourth-order valence-corrected chi connectivity index (χ4v) is 6.50. The molecule has 21 heavy (non-hydrogen) atoms. The summed E-state index contributed by atoms with van der Waals surface area (Å²) in [7, 11) is 0. The first kappa shape index (κ1) is 14.0. The number of carbonyl (C=O) groups is 1. The van der Waals surface area contributed by atoms with Crippen molar-refractivity contribution >= 4 is 5.78 Å². The molecule has 0 aromatic rings. The highest BCUT2D eigenvalue weighted by Gasteiger charge is 2.60. The van der Waals surface area contributed by atoms with Crippen LogP contribution in [0.4, 0.5) is 0 Å². The molecule has 4 rings (SSSR count). The average Bonchev–Trinajstić information content (AvgIpc) is 2.84. The molecule has 3 saturated carbocycles. The van der Waals surface area contributed by atoms with Gasteiger partial charge < -0.3 is 5.11 Å². The van der Waals surface area contributed by atoms with E-state index in [2.05, 4.69) is 13.0 Å². The van der Waals surface area contributed by atoms with Crippen molar-refractivity contribution in [1.29, 1.82) is 0 Å². The van der Waals surface area contributed by atoms with E-state index in [4.69, 9.17) is 0 Å². The first-order valence-electron chi connectivity index (χ1n) is 9.07. The fraction of sp³-hybridized carbons (Fsp3) is 0.842. The largest absolute Gasteiger partial charge is 0.393 e. The summed E-state index contributed by atoms with van der Waals surface area (Å²) in [5, 5.41) is 10.6. The van der Waals surface area contributed by atoms with E-state index in [0.29, 0.717) is 35.9 Å². The standard InChI is InChI=1S/C19H28O2/c1-2-19-11-16(20)18-13-6-4-3-5-12(13)7-8-14(18)15(19)9-10-17(19)21/h5,13-15,17-18,21H,2-4,6-11H2,1H3/t13?,14?,15?,17?,18?,19-/m0/s1. The number of Topliss-reactive ketones (excluding diaryl/α,β-unsaturated/α-hetero) is 1. The van der Waals surface area contributed by atoms with Crippen LogP contribution in [0.2, 0.25) is 0 Å². The maximum absolute atomic E-state index is 13.0.